The summed E-state index contributed by atoms with van der Waals surface area (Å²) in [5, 5.41) is 0.534. The van der Waals surface area contributed by atoms with Crippen molar-refractivity contribution in [2.75, 3.05) is 20.3 Å². The van der Waals surface area contributed by atoms with Crippen LogP contribution in [0.15, 0.2) is 30.6 Å². The van der Waals surface area contributed by atoms with Gasteiger partial charge in [-0.2, -0.15) is 13.5 Å². The van der Waals surface area contributed by atoms with Crippen LogP contribution in [0.5, 0.6) is 0 Å². The van der Waals surface area contributed by atoms with E-state index in [0.717, 1.165) is 4.90 Å². The molecule has 2 fully saturated rings. The summed E-state index contributed by atoms with van der Waals surface area (Å²) >= 11 is 0. The van der Waals surface area contributed by atoms with Gasteiger partial charge in [0.1, 0.15) is 12.6 Å². The Morgan fingerprint density at radius 1 is 1.24 bits per heavy atom. The van der Waals surface area contributed by atoms with E-state index in [1.807, 2.05) is 18.2 Å². The third kappa shape index (κ3) is 6.63. The van der Waals surface area contributed by atoms with Gasteiger partial charge in [-0.25, -0.2) is 4.79 Å². The highest BCUT2D eigenvalue weighted by atomic mass is 32.3. The van der Waals surface area contributed by atoms with Crippen molar-refractivity contribution in [3.63, 3.8) is 0 Å². The Balaban J connectivity index is 0.000000426. The highest BCUT2D eigenvalue weighted by molar-refractivity contribution is 7.80. The molecule has 2 saturated heterocycles. The zero-order valence-corrected chi connectivity index (χ0v) is 16.2. The van der Waals surface area contributed by atoms with Crippen LogP contribution in [-0.2, 0) is 29.0 Å². The van der Waals surface area contributed by atoms with Crippen LogP contribution in [-0.4, -0.2) is 78.1 Å². The summed E-state index contributed by atoms with van der Waals surface area (Å²) in [7, 11) is -3.52. The number of aromatic nitrogens is 1. The lowest BCUT2D eigenvalue weighted by atomic mass is 10.0. The number of nitrogens with one attached hydrogen (secondary N) is 2. The molecule has 0 aliphatic carbocycles. The lowest BCUT2D eigenvalue weighted by Crippen LogP contribution is -2.54. The van der Waals surface area contributed by atoms with Gasteiger partial charge in [-0.05, 0) is 25.0 Å². The van der Waals surface area contributed by atoms with Gasteiger partial charge in [0, 0.05) is 26.0 Å². The summed E-state index contributed by atoms with van der Waals surface area (Å²) in [5.74, 6) is -1.20. The van der Waals surface area contributed by atoms with Crippen LogP contribution in [0.4, 0.5) is 4.79 Å². The maximum absolute atomic E-state index is 12.1. The molecule has 1 aromatic rings. The van der Waals surface area contributed by atoms with Crippen LogP contribution in [0.25, 0.3) is 0 Å². The standard InChI is InChI=1S/C10H16N4O8S.C5H5N/c1-21-5-8(15)11-12-9(16)7-3-2-6-4-13(7)10(17)14(6)22-23(18,19)20;1-2-4-6-5-3-1/h6-7H,2-5H2,1H3,(H,11,15)(H,12,16)(H,18,19,20);1-5H/t6-,7+;/m1./s1. The molecule has 2 atom stereocenters. The number of hydrogen-bond acceptors (Lipinski definition) is 8. The molecule has 0 spiro atoms. The Morgan fingerprint density at radius 3 is 2.45 bits per heavy atom. The molecule has 4 amide bonds. The quantitative estimate of drug-likeness (QED) is 0.386. The highest BCUT2D eigenvalue weighted by Crippen LogP contribution is 2.30. The number of fused-ring (bicyclic) bond motifs is 2. The summed E-state index contributed by atoms with van der Waals surface area (Å²) in [6.07, 6.45) is 4.04. The van der Waals surface area contributed by atoms with Crippen LogP contribution in [0.3, 0.4) is 0 Å². The lowest BCUT2D eigenvalue weighted by molar-refractivity contribution is -0.133. The number of hydrogen-bond donors (Lipinski definition) is 3. The van der Waals surface area contributed by atoms with E-state index in [4.69, 9.17) is 4.55 Å². The summed E-state index contributed by atoms with van der Waals surface area (Å²) in [6.45, 7) is -0.176. The van der Waals surface area contributed by atoms with Crippen molar-refractivity contribution in [1.29, 1.82) is 0 Å². The fourth-order valence-corrected chi connectivity index (χ4v) is 3.19. The molecule has 0 saturated carbocycles. The lowest BCUT2D eigenvalue weighted by Gasteiger charge is -2.29. The summed E-state index contributed by atoms with van der Waals surface area (Å²) in [4.78, 5) is 40.2. The maximum Gasteiger partial charge on any atom is 0.418 e. The molecular weight excluding hydrogens is 410 g/mol. The second-order valence-corrected chi connectivity index (χ2v) is 7.01. The summed E-state index contributed by atoms with van der Waals surface area (Å²) in [6, 6.07) is 3.38. The normalized spacial score (nSPS) is 20.6. The van der Waals surface area contributed by atoms with Gasteiger partial charge in [0.2, 0.25) is 0 Å². The number of amides is 4. The van der Waals surface area contributed by atoms with Gasteiger partial charge in [-0.1, -0.05) is 6.07 Å². The number of nitrogens with zero attached hydrogens (tertiary/aromatic N) is 3. The second-order valence-electron chi connectivity index (χ2n) is 6.00. The second kappa shape index (κ2) is 10.1. The van der Waals surface area contributed by atoms with Gasteiger partial charge in [0.25, 0.3) is 11.8 Å². The minimum Gasteiger partial charge on any atom is -0.375 e. The number of hydrazine groups is 1. The van der Waals surface area contributed by atoms with Crippen LogP contribution in [0.1, 0.15) is 12.8 Å². The van der Waals surface area contributed by atoms with Gasteiger partial charge in [0.15, 0.2) is 0 Å². The number of pyridine rings is 1. The van der Waals surface area contributed by atoms with Crippen molar-refractivity contribution in [2.45, 2.75) is 24.9 Å². The first-order valence-electron chi connectivity index (χ1n) is 8.42. The van der Waals surface area contributed by atoms with Crippen molar-refractivity contribution in [3.05, 3.63) is 30.6 Å². The number of carbonyl (C=O) groups excluding carboxylic acids is 3. The molecule has 14 heteroatoms. The Bertz CT molecular complexity index is 795. The van der Waals surface area contributed by atoms with Crippen molar-refractivity contribution in [3.8, 4) is 0 Å². The Labute approximate surface area is 166 Å². The van der Waals surface area contributed by atoms with Crippen LogP contribution in [0.2, 0.25) is 0 Å². The molecule has 3 heterocycles. The van der Waals surface area contributed by atoms with Gasteiger partial charge < -0.3 is 9.64 Å². The Kier molecular flexibility index (Phi) is 7.83. The first-order valence-corrected chi connectivity index (χ1v) is 9.79. The minimum absolute atomic E-state index is 0.0679. The molecule has 3 rings (SSSR count). The number of piperidine rings is 1. The number of ether oxygens (including phenoxy) is 1. The number of carbonyl (C=O) groups is 3. The highest BCUT2D eigenvalue weighted by Gasteiger charge is 2.49. The third-order valence-corrected chi connectivity index (χ3v) is 4.32. The van der Waals surface area contributed by atoms with E-state index >= 15 is 0 Å². The molecular formula is C15H21N5O8S. The molecule has 0 aromatic carbocycles. The van der Waals surface area contributed by atoms with E-state index in [-0.39, 0.29) is 19.6 Å². The number of rotatable bonds is 5. The Hall–Kier alpha value is -2.81. The average Bonchev–Trinajstić information content (AvgIpc) is 2.92. The minimum atomic E-state index is -4.84. The SMILES string of the molecule is COCC(=O)NNC(=O)[C@@H]1CC[C@@H]2CN1C(=O)N2OS(=O)(=O)O.c1ccncc1. The molecule has 29 heavy (non-hydrogen) atoms. The zero-order chi connectivity index (χ0) is 21.4. The van der Waals surface area contributed by atoms with Crippen LogP contribution < -0.4 is 10.9 Å². The predicted molar refractivity (Wildman–Crippen MR) is 95.8 cm³/mol. The van der Waals surface area contributed by atoms with E-state index < -0.39 is 40.3 Å². The molecule has 2 aliphatic rings. The maximum atomic E-state index is 12.1. The third-order valence-electron chi connectivity index (χ3n) is 3.97. The van der Waals surface area contributed by atoms with Gasteiger partial charge in [-0.3, -0.25) is 30.0 Å². The molecule has 2 bridgehead atoms. The first-order chi connectivity index (χ1) is 13.7. The molecule has 1 aromatic heterocycles. The largest absolute Gasteiger partial charge is 0.418 e. The number of methoxy groups -OCH3 is 1. The summed E-state index contributed by atoms with van der Waals surface area (Å²) in [5.41, 5.74) is 4.29. The van der Waals surface area contributed by atoms with Crippen molar-refractivity contribution >= 4 is 28.2 Å². The van der Waals surface area contributed by atoms with E-state index in [1.165, 1.54) is 7.11 Å². The van der Waals surface area contributed by atoms with E-state index in [2.05, 4.69) is 24.9 Å². The zero-order valence-electron chi connectivity index (χ0n) is 15.4. The number of hydroxylamine groups is 2. The van der Waals surface area contributed by atoms with Crippen molar-refractivity contribution < 1.29 is 36.4 Å². The Morgan fingerprint density at radius 2 is 1.93 bits per heavy atom. The fourth-order valence-electron chi connectivity index (χ4n) is 2.80. The van der Waals surface area contributed by atoms with Crippen LogP contribution in [0, 0.1) is 0 Å². The molecule has 0 radical (unpaired) electrons. The molecule has 2 aliphatic heterocycles. The average molecular weight is 431 g/mol. The summed E-state index contributed by atoms with van der Waals surface area (Å²) < 4.78 is 39.0. The number of urea groups is 1. The van der Waals surface area contributed by atoms with Gasteiger partial charge >= 0.3 is 16.4 Å². The topological polar surface area (TPSA) is 167 Å². The van der Waals surface area contributed by atoms with E-state index in [1.54, 1.807) is 12.4 Å². The van der Waals surface area contributed by atoms with Gasteiger partial charge in [0.05, 0.1) is 6.04 Å². The first kappa shape index (κ1) is 22.5. The van der Waals surface area contributed by atoms with Crippen molar-refractivity contribution in [2.24, 2.45) is 0 Å². The molecule has 160 valence electrons. The van der Waals surface area contributed by atoms with Crippen LogP contribution >= 0.6 is 0 Å². The monoisotopic (exact) mass is 431 g/mol. The molecule has 0 unspecified atom stereocenters. The smallest absolute Gasteiger partial charge is 0.375 e. The van der Waals surface area contributed by atoms with Gasteiger partial charge in [-0.15, -0.1) is 4.28 Å². The van der Waals surface area contributed by atoms with E-state index in [0.29, 0.717) is 11.5 Å². The van der Waals surface area contributed by atoms with Crippen molar-refractivity contribution in [1.82, 2.24) is 25.8 Å². The van der Waals surface area contributed by atoms with E-state index in [9.17, 15) is 22.8 Å². The predicted octanol–water partition coefficient (Wildman–Crippen LogP) is -1.14. The molecule has 13 nitrogen and oxygen atoms in total. The fraction of sp³-hybridized carbons (Fsp3) is 0.467. The molecule has 3 N–H and O–H groups in total.